The van der Waals surface area contributed by atoms with Crippen molar-refractivity contribution in [2.45, 2.75) is 53.9 Å². The van der Waals surface area contributed by atoms with E-state index in [4.69, 9.17) is 17.7 Å². The quantitative estimate of drug-likeness (QED) is 0.477. The fourth-order valence-electron chi connectivity index (χ4n) is 2.85. The Kier molecular flexibility index (Phi) is 9.44. The van der Waals surface area contributed by atoms with Crippen LogP contribution in [0.2, 0.25) is 26.2 Å². The first-order chi connectivity index (χ1) is 10.6. The van der Waals surface area contributed by atoms with Gasteiger partial charge < -0.3 is 17.7 Å². The standard InChI is InChI=1S/C16H36O4Si3/c1-11-17-22(9,18-12-2)15(5)21(7,8)16(6)23(10,19-13-3)20-14-4/h5-6,11-14H2,1-4,7-10H3. The minimum atomic E-state index is -2.46. The Morgan fingerprint density at radius 2 is 0.826 bits per heavy atom. The summed E-state index contributed by atoms with van der Waals surface area (Å²) in [5.41, 5.74) is 0. The molecule has 136 valence electrons. The molecule has 0 heterocycles. The van der Waals surface area contributed by atoms with Crippen LogP contribution in [-0.4, -0.2) is 51.6 Å². The Morgan fingerprint density at radius 3 is 1.00 bits per heavy atom. The van der Waals surface area contributed by atoms with Crippen LogP contribution in [0.1, 0.15) is 27.7 Å². The van der Waals surface area contributed by atoms with Crippen molar-refractivity contribution in [1.29, 1.82) is 0 Å². The molecule has 0 aromatic rings. The summed E-state index contributed by atoms with van der Waals surface area (Å²) in [6.45, 7) is 28.0. The molecule has 0 aliphatic carbocycles. The molecule has 0 atom stereocenters. The molecule has 4 nitrogen and oxygen atoms in total. The van der Waals surface area contributed by atoms with Gasteiger partial charge in [0.05, 0.1) is 0 Å². The van der Waals surface area contributed by atoms with Gasteiger partial charge in [-0.3, -0.25) is 0 Å². The lowest BCUT2D eigenvalue weighted by atomic mass is 10.9. The van der Waals surface area contributed by atoms with E-state index >= 15 is 0 Å². The molecule has 0 bridgehead atoms. The molecule has 23 heavy (non-hydrogen) atoms. The highest BCUT2D eigenvalue weighted by Crippen LogP contribution is 2.35. The lowest BCUT2D eigenvalue weighted by Gasteiger charge is -2.41. The predicted octanol–water partition coefficient (Wildman–Crippen LogP) is 4.25. The van der Waals surface area contributed by atoms with Gasteiger partial charge in [0.25, 0.3) is 0 Å². The summed E-state index contributed by atoms with van der Waals surface area (Å²) in [6, 6.07) is 0. The molecule has 0 rings (SSSR count). The second-order valence-corrected chi connectivity index (χ2v) is 17.8. The predicted molar refractivity (Wildman–Crippen MR) is 106 cm³/mol. The highest BCUT2D eigenvalue weighted by molar-refractivity contribution is 7.12. The van der Waals surface area contributed by atoms with Crippen molar-refractivity contribution >= 4 is 25.2 Å². The lowest BCUT2D eigenvalue weighted by Crippen LogP contribution is -2.57. The zero-order valence-electron chi connectivity index (χ0n) is 16.4. The van der Waals surface area contributed by atoms with Crippen LogP contribution < -0.4 is 0 Å². The van der Waals surface area contributed by atoms with Gasteiger partial charge in [0.2, 0.25) is 0 Å². The third-order valence-electron chi connectivity index (χ3n) is 4.28. The maximum atomic E-state index is 6.05. The first kappa shape index (κ1) is 23.0. The SMILES string of the molecule is C=C([Si](C)(OCC)OCC)[Si](C)(C)C(=C)[Si](C)(OCC)OCC. The van der Waals surface area contributed by atoms with Crippen LogP contribution in [-0.2, 0) is 17.7 Å². The number of rotatable bonds is 12. The second-order valence-electron chi connectivity index (χ2n) is 6.21. The van der Waals surface area contributed by atoms with Crippen LogP contribution in [0.4, 0.5) is 0 Å². The van der Waals surface area contributed by atoms with E-state index < -0.39 is 25.2 Å². The van der Waals surface area contributed by atoms with Crippen molar-refractivity contribution in [2.75, 3.05) is 26.4 Å². The lowest BCUT2D eigenvalue weighted by molar-refractivity contribution is 0.198. The smallest absolute Gasteiger partial charge is 0.360 e. The van der Waals surface area contributed by atoms with Crippen molar-refractivity contribution < 1.29 is 17.7 Å². The summed E-state index contributed by atoms with van der Waals surface area (Å²) in [5, 5.41) is 0. The zero-order valence-corrected chi connectivity index (χ0v) is 19.4. The Balaban J connectivity index is 5.64. The minimum Gasteiger partial charge on any atom is -0.392 e. The van der Waals surface area contributed by atoms with Gasteiger partial charge in [-0.1, -0.05) is 13.1 Å². The number of hydrogen-bond acceptors (Lipinski definition) is 4. The molecule has 0 unspecified atom stereocenters. The number of hydrogen-bond donors (Lipinski definition) is 0. The summed E-state index contributed by atoms with van der Waals surface area (Å²) >= 11 is 0. The van der Waals surface area contributed by atoms with Gasteiger partial charge in [-0.25, -0.2) is 0 Å². The van der Waals surface area contributed by atoms with Crippen molar-refractivity contribution in [3.63, 3.8) is 0 Å². The van der Waals surface area contributed by atoms with Gasteiger partial charge in [0, 0.05) is 26.4 Å². The molecular weight excluding hydrogens is 340 g/mol. The molecule has 0 radical (unpaired) electrons. The first-order valence-corrected chi connectivity index (χ1v) is 16.1. The van der Waals surface area contributed by atoms with Crippen molar-refractivity contribution in [3.05, 3.63) is 22.8 Å². The average Bonchev–Trinajstić information content (AvgIpc) is 2.46. The maximum absolute atomic E-state index is 6.05. The van der Waals surface area contributed by atoms with Crippen LogP contribution in [0, 0.1) is 0 Å². The molecule has 0 fully saturated rings. The van der Waals surface area contributed by atoms with E-state index in [0.29, 0.717) is 26.4 Å². The summed E-state index contributed by atoms with van der Waals surface area (Å²) in [4.78, 5) is 2.22. The normalized spacial score (nSPS) is 13.2. The van der Waals surface area contributed by atoms with Gasteiger partial charge in [-0.2, -0.15) is 0 Å². The minimum absolute atomic E-state index is 0.629. The topological polar surface area (TPSA) is 36.9 Å². The molecule has 0 spiro atoms. The molecule has 0 aromatic carbocycles. The maximum Gasteiger partial charge on any atom is 0.360 e. The van der Waals surface area contributed by atoms with Gasteiger partial charge in [0.1, 0.15) is 8.07 Å². The summed E-state index contributed by atoms with van der Waals surface area (Å²) < 4.78 is 24.2. The fourth-order valence-corrected chi connectivity index (χ4v) is 17.5. The molecule has 0 N–H and O–H groups in total. The van der Waals surface area contributed by atoms with Crippen LogP contribution in [0.5, 0.6) is 0 Å². The van der Waals surface area contributed by atoms with Crippen LogP contribution in [0.3, 0.4) is 0 Å². The van der Waals surface area contributed by atoms with Gasteiger partial charge >= 0.3 is 17.1 Å². The third-order valence-corrected chi connectivity index (χ3v) is 19.3. The monoisotopic (exact) mass is 376 g/mol. The first-order valence-electron chi connectivity index (χ1n) is 8.51. The summed E-state index contributed by atoms with van der Waals surface area (Å²) in [7, 11) is -7.01. The highest BCUT2D eigenvalue weighted by Gasteiger charge is 2.51. The van der Waals surface area contributed by atoms with E-state index in [1.54, 1.807) is 0 Å². The van der Waals surface area contributed by atoms with E-state index in [1.165, 1.54) is 0 Å². The average molecular weight is 377 g/mol. The Bertz CT molecular complexity index is 362. The summed E-state index contributed by atoms with van der Waals surface area (Å²) in [6.07, 6.45) is 0. The molecule has 7 heteroatoms. The fraction of sp³-hybridized carbons (Fsp3) is 0.750. The van der Waals surface area contributed by atoms with E-state index in [2.05, 4.69) is 39.3 Å². The molecule has 0 saturated heterocycles. The van der Waals surface area contributed by atoms with Gasteiger partial charge in [0.15, 0.2) is 0 Å². The van der Waals surface area contributed by atoms with Crippen molar-refractivity contribution in [2.24, 2.45) is 0 Å². The van der Waals surface area contributed by atoms with E-state index in [-0.39, 0.29) is 0 Å². The molecule has 0 amide bonds. The van der Waals surface area contributed by atoms with Crippen molar-refractivity contribution in [3.8, 4) is 0 Å². The molecule has 0 aliphatic rings. The summed E-state index contributed by atoms with van der Waals surface area (Å²) in [5.74, 6) is 0. The van der Waals surface area contributed by atoms with E-state index in [9.17, 15) is 0 Å². The Morgan fingerprint density at radius 1 is 0.609 bits per heavy atom. The van der Waals surface area contributed by atoms with Gasteiger partial charge in [-0.05, 0) is 50.4 Å². The van der Waals surface area contributed by atoms with Crippen LogP contribution in [0.25, 0.3) is 0 Å². The second kappa shape index (κ2) is 9.45. The van der Waals surface area contributed by atoms with E-state index in [0.717, 1.165) is 9.64 Å². The van der Waals surface area contributed by atoms with Crippen molar-refractivity contribution in [1.82, 2.24) is 0 Å². The highest BCUT2D eigenvalue weighted by atomic mass is 28.4. The largest absolute Gasteiger partial charge is 0.392 e. The molecule has 0 aromatic heterocycles. The van der Waals surface area contributed by atoms with Crippen LogP contribution in [0.15, 0.2) is 22.8 Å². The third kappa shape index (κ3) is 5.48. The molecular formula is C16H36O4Si3. The zero-order chi connectivity index (χ0) is 18.3. The van der Waals surface area contributed by atoms with E-state index in [1.807, 2.05) is 27.7 Å². The Hall–Kier alpha value is -0.0294. The van der Waals surface area contributed by atoms with Crippen LogP contribution >= 0.6 is 0 Å². The van der Waals surface area contributed by atoms with Gasteiger partial charge in [-0.15, -0.1) is 13.2 Å². The Labute approximate surface area is 146 Å². The molecule has 0 saturated carbocycles. The molecule has 0 aliphatic heterocycles.